The van der Waals surface area contributed by atoms with E-state index in [0.29, 0.717) is 10.9 Å². The van der Waals surface area contributed by atoms with Crippen molar-refractivity contribution in [3.8, 4) is 0 Å². The van der Waals surface area contributed by atoms with E-state index < -0.39 is 33.8 Å². The lowest BCUT2D eigenvalue weighted by Crippen LogP contribution is -2.46. The topological polar surface area (TPSA) is 85.7 Å². The fourth-order valence-corrected chi connectivity index (χ4v) is 4.65. The third-order valence-electron chi connectivity index (χ3n) is 4.76. The largest absolute Gasteiger partial charge is 0.465 e. The summed E-state index contributed by atoms with van der Waals surface area (Å²) in [5.74, 6) is -2.00. The maximum atomic E-state index is 14.5. The molecule has 0 unspecified atom stereocenters. The molecule has 1 aromatic heterocycles. The number of sulfonamides is 1. The molecule has 0 bridgehead atoms. The SMILES string of the molecule is CC[C@@H](C(=O)n1cc(C(=O)OC)c2ccccc21)N(c1ccccc1F)S(C)(=O)=O. The molecule has 0 amide bonds. The van der Waals surface area contributed by atoms with Crippen molar-refractivity contribution in [3.63, 3.8) is 0 Å². The molecule has 158 valence electrons. The smallest absolute Gasteiger partial charge is 0.340 e. The van der Waals surface area contributed by atoms with E-state index in [1.807, 2.05) is 0 Å². The van der Waals surface area contributed by atoms with E-state index in [4.69, 9.17) is 4.74 Å². The number of halogens is 1. The minimum absolute atomic E-state index is 0.0836. The molecule has 1 atom stereocenters. The molecule has 1 heterocycles. The minimum atomic E-state index is -4.00. The number of aromatic nitrogens is 1. The Morgan fingerprint density at radius 3 is 2.37 bits per heavy atom. The predicted octanol–water partition coefficient (Wildman–Crippen LogP) is 3.45. The standard InChI is InChI=1S/C21H21FN2O5S/c1-4-17(24(30(3,27)28)19-12-8-6-10-16(19)22)20(25)23-13-15(21(26)29-2)14-9-5-7-11-18(14)23/h5-13,17H,4H2,1-3H3/t17-/m0/s1. The number of nitrogens with zero attached hydrogens (tertiary/aromatic N) is 2. The lowest BCUT2D eigenvalue weighted by Gasteiger charge is -2.30. The van der Waals surface area contributed by atoms with Crippen LogP contribution in [0, 0.1) is 5.82 Å². The van der Waals surface area contributed by atoms with Crippen molar-refractivity contribution >= 4 is 38.5 Å². The van der Waals surface area contributed by atoms with Crippen LogP contribution in [0.3, 0.4) is 0 Å². The second-order valence-electron chi connectivity index (χ2n) is 6.69. The Balaban J connectivity index is 2.19. The average Bonchev–Trinajstić information content (AvgIpc) is 3.10. The molecule has 3 rings (SSSR count). The van der Waals surface area contributed by atoms with Gasteiger partial charge in [-0.15, -0.1) is 0 Å². The van der Waals surface area contributed by atoms with Gasteiger partial charge < -0.3 is 4.74 Å². The van der Waals surface area contributed by atoms with Crippen molar-refractivity contribution in [1.29, 1.82) is 0 Å². The number of carbonyl (C=O) groups is 2. The van der Waals surface area contributed by atoms with Gasteiger partial charge in [-0.25, -0.2) is 17.6 Å². The number of fused-ring (bicyclic) bond motifs is 1. The third-order valence-corrected chi connectivity index (χ3v) is 5.92. The van der Waals surface area contributed by atoms with E-state index in [0.717, 1.165) is 16.6 Å². The molecule has 0 aliphatic carbocycles. The van der Waals surface area contributed by atoms with Crippen LogP contribution in [0.1, 0.15) is 28.5 Å². The zero-order valence-electron chi connectivity index (χ0n) is 16.7. The van der Waals surface area contributed by atoms with E-state index >= 15 is 0 Å². The second kappa shape index (κ2) is 8.27. The van der Waals surface area contributed by atoms with Gasteiger partial charge in [-0.1, -0.05) is 37.3 Å². The van der Waals surface area contributed by atoms with E-state index in [1.54, 1.807) is 31.2 Å². The Bertz CT molecular complexity index is 1220. The molecular weight excluding hydrogens is 411 g/mol. The molecule has 0 saturated heterocycles. The molecular formula is C21H21FN2O5S. The number of anilines is 1. The van der Waals surface area contributed by atoms with Crippen LogP contribution in [0.25, 0.3) is 10.9 Å². The average molecular weight is 432 g/mol. The van der Waals surface area contributed by atoms with E-state index in [9.17, 15) is 22.4 Å². The molecule has 2 aromatic carbocycles. The molecule has 3 aromatic rings. The van der Waals surface area contributed by atoms with E-state index in [2.05, 4.69) is 0 Å². The molecule has 0 N–H and O–H groups in total. The summed E-state index contributed by atoms with van der Waals surface area (Å²) in [4.78, 5) is 25.6. The van der Waals surface area contributed by atoms with Crippen molar-refractivity contribution in [1.82, 2.24) is 4.57 Å². The maximum absolute atomic E-state index is 14.5. The Kier molecular flexibility index (Phi) is 5.93. The lowest BCUT2D eigenvalue weighted by molar-refractivity contribution is 0.0603. The highest BCUT2D eigenvalue weighted by atomic mass is 32.2. The van der Waals surface area contributed by atoms with Crippen LogP contribution in [0.4, 0.5) is 10.1 Å². The molecule has 30 heavy (non-hydrogen) atoms. The minimum Gasteiger partial charge on any atom is -0.465 e. The summed E-state index contributed by atoms with van der Waals surface area (Å²) in [5.41, 5.74) is 0.376. The van der Waals surface area contributed by atoms with Gasteiger partial charge in [0.1, 0.15) is 11.9 Å². The number of para-hydroxylation sites is 2. The first-order valence-electron chi connectivity index (χ1n) is 9.17. The van der Waals surface area contributed by atoms with Crippen LogP contribution in [0.5, 0.6) is 0 Å². The first-order chi connectivity index (χ1) is 14.2. The molecule has 0 radical (unpaired) electrons. The summed E-state index contributed by atoms with van der Waals surface area (Å²) in [7, 11) is -2.77. The summed E-state index contributed by atoms with van der Waals surface area (Å²) in [6.45, 7) is 1.63. The van der Waals surface area contributed by atoms with Gasteiger partial charge in [0, 0.05) is 11.6 Å². The highest BCUT2D eigenvalue weighted by molar-refractivity contribution is 7.92. The van der Waals surface area contributed by atoms with Crippen LogP contribution >= 0.6 is 0 Å². The Hall–Kier alpha value is -3.20. The molecule has 0 fully saturated rings. The van der Waals surface area contributed by atoms with Crippen molar-refractivity contribution in [2.75, 3.05) is 17.7 Å². The summed E-state index contributed by atoms with van der Waals surface area (Å²) in [6.07, 6.45) is 2.33. The van der Waals surface area contributed by atoms with Crippen LogP contribution < -0.4 is 4.31 Å². The van der Waals surface area contributed by atoms with Crippen LogP contribution in [-0.4, -0.2) is 44.3 Å². The number of hydrogen-bond acceptors (Lipinski definition) is 5. The van der Waals surface area contributed by atoms with Crippen LogP contribution in [0.2, 0.25) is 0 Å². The summed E-state index contributed by atoms with van der Waals surface area (Å²) in [5, 5.41) is 0.490. The summed E-state index contributed by atoms with van der Waals surface area (Å²) in [6, 6.07) is 10.8. The van der Waals surface area contributed by atoms with Gasteiger partial charge in [0.15, 0.2) is 0 Å². The molecule has 9 heteroatoms. The number of methoxy groups -OCH3 is 1. The van der Waals surface area contributed by atoms with Gasteiger partial charge in [-0.2, -0.15) is 0 Å². The van der Waals surface area contributed by atoms with Crippen molar-refractivity contribution in [2.24, 2.45) is 0 Å². The van der Waals surface area contributed by atoms with Crippen molar-refractivity contribution in [3.05, 3.63) is 66.1 Å². The second-order valence-corrected chi connectivity index (χ2v) is 8.55. The zero-order chi connectivity index (χ0) is 22.1. The summed E-state index contributed by atoms with van der Waals surface area (Å²) < 4.78 is 46.4. The van der Waals surface area contributed by atoms with Crippen LogP contribution in [-0.2, 0) is 14.8 Å². The number of ether oxygens (including phenoxy) is 1. The predicted molar refractivity (Wildman–Crippen MR) is 112 cm³/mol. The number of hydrogen-bond donors (Lipinski definition) is 0. The number of carbonyl (C=O) groups excluding carboxylic acids is 2. The Morgan fingerprint density at radius 2 is 1.77 bits per heavy atom. The van der Waals surface area contributed by atoms with Crippen molar-refractivity contribution < 1.29 is 27.1 Å². The van der Waals surface area contributed by atoms with Gasteiger partial charge in [-0.05, 0) is 24.6 Å². The zero-order valence-corrected chi connectivity index (χ0v) is 17.5. The van der Waals surface area contributed by atoms with Crippen LogP contribution in [0.15, 0.2) is 54.7 Å². The quantitative estimate of drug-likeness (QED) is 0.557. The number of rotatable bonds is 6. The van der Waals surface area contributed by atoms with Gasteiger partial charge in [0.25, 0.3) is 5.91 Å². The van der Waals surface area contributed by atoms with Crippen molar-refractivity contribution in [2.45, 2.75) is 19.4 Å². The molecule has 0 spiro atoms. The molecule has 0 aliphatic rings. The fourth-order valence-electron chi connectivity index (χ4n) is 3.44. The normalized spacial score (nSPS) is 12.5. The highest BCUT2D eigenvalue weighted by Crippen LogP contribution is 2.28. The van der Waals surface area contributed by atoms with Gasteiger partial charge in [-0.3, -0.25) is 13.7 Å². The molecule has 0 saturated carbocycles. The van der Waals surface area contributed by atoms with Gasteiger partial charge >= 0.3 is 5.97 Å². The van der Waals surface area contributed by atoms with E-state index in [1.165, 1.54) is 36.1 Å². The lowest BCUT2D eigenvalue weighted by atomic mass is 10.1. The van der Waals surface area contributed by atoms with E-state index in [-0.39, 0.29) is 17.7 Å². The summed E-state index contributed by atoms with van der Waals surface area (Å²) >= 11 is 0. The first kappa shape index (κ1) is 21.5. The Morgan fingerprint density at radius 1 is 1.13 bits per heavy atom. The highest BCUT2D eigenvalue weighted by Gasteiger charge is 2.35. The van der Waals surface area contributed by atoms with Gasteiger partial charge in [0.2, 0.25) is 10.0 Å². The molecule has 0 aliphatic heterocycles. The Labute approximate surface area is 173 Å². The monoisotopic (exact) mass is 432 g/mol. The third kappa shape index (κ3) is 3.80. The number of benzene rings is 2. The maximum Gasteiger partial charge on any atom is 0.340 e. The molecule has 7 nitrogen and oxygen atoms in total. The fraction of sp³-hybridized carbons (Fsp3) is 0.238. The first-order valence-corrected chi connectivity index (χ1v) is 11.0. The number of esters is 1. The van der Waals surface area contributed by atoms with Gasteiger partial charge in [0.05, 0.1) is 30.1 Å².